The fourth-order valence-electron chi connectivity index (χ4n) is 2.39. The summed E-state index contributed by atoms with van der Waals surface area (Å²) in [5.41, 5.74) is 1.68. The molecule has 0 aliphatic rings. The minimum absolute atomic E-state index is 0.202. The zero-order valence-corrected chi connectivity index (χ0v) is 14.7. The van der Waals surface area contributed by atoms with Crippen LogP contribution in [0.25, 0.3) is 16.2 Å². The lowest BCUT2D eigenvalue weighted by molar-refractivity contribution is -0.111. The number of fused-ring (bicyclic) bond motifs is 1. The Labute approximate surface area is 149 Å². The molecule has 0 aliphatic heterocycles. The lowest BCUT2D eigenvalue weighted by atomic mass is 10.2. The molecule has 3 rings (SSSR count). The fourth-order valence-corrected chi connectivity index (χ4v) is 3.79. The molecule has 0 aliphatic carbocycles. The van der Waals surface area contributed by atoms with Crippen LogP contribution >= 0.6 is 22.9 Å². The van der Waals surface area contributed by atoms with Gasteiger partial charge in [-0.05, 0) is 18.2 Å². The number of thiophene rings is 1. The number of para-hydroxylation sites is 1. The van der Waals surface area contributed by atoms with Gasteiger partial charge < -0.3 is 10.1 Å². The van der Waals surface area contributed by atoms with Crippen LogP contribution in [-0.2, 0) is 16.1 Å². The number of carbonyl (C=O) groups excluding carboxylic acids is 1. The van der Waals surface area contributed by atoms with Gasteiger partial charge in [0.1, 0.15) is 0 Å². The van der Waals surface area contributed by atoms with Crippen molar-refractivity contribution in [2.45, 2.75) is 6.61 Å². The molecule has 122 valence electrons. The Morgan fingerprint density at radius 2 is 1.96 bits per heavy atom. The van der Waals surface area contributed by atoms with Crippen molar-refractivity contribution >= 4 is 50.7 Å². The minimum Gasteiger partial charge on any atom is -0.380 e. The van der Waals surface area contributed by atoms with E-state index < -0.39 is 0 Å². The molecule has 1 heterocycles. The topological polar surface area (TPSA) is 38.3 Å². The Morgan fingerprint density at radius 3 is 2.75 bits per heavy atom. The highest BCUT2D eigenvalue weighted by atomic mass is 35.5. The molecule has 1 N–H and O–H groups in total. The molecule has 0 bridgehead atoms. The summed E-state index contributed by atoms with van der Waals surface area (Å²) >= 11 is 7.94. The second-order valence-electron chi connectivity index (χ2n) is 5.19. The number of nitrogens with one attached hydrogen (secondary N) is 1. The first kappa shape index (κ1) is 16.7. The largest absolute Gasteiger partial charge is 0.380 e. The summed E-state index contributed by atoms with van der Waals surface area (Å²) in [7, 11) is 1.63. The molecule has 0 spiro atoms. The van der Waals surface area contributed by atoms with E-state index in [4.69, 9.17) is 16.3 Å². The number of ether oxygens (including phenoxy) is 1. The standard InChI is InChI=1S/C19H16ClNO2S/c1-23-12-13-6-2-4-8-15(13)21-18(22)11-10-17-19(20)14-7-3-5-9-16(14)24-17/h2-11H,12H2,1H3,(H,21,22). The zero-order chi connectivity index (χ0) is 16.9. The van der Waals surface area contributed by atoms with Gasteiger partial charge in [-0.15, -0.1) is 11.3 Å². The van der Waals surface area contributed by atoms with E-state index in [2.05, 4.69) is 5.32 Å². The van der Waals surface area contributed by atoms with Crippen molar-refractivity contribution in [2.24, 2.45) is 0 Å². The van der Waals surface area contributed by atoms with Gasteiger partial charge in [0.15, 0.2) is 0 Å². The van der Waals surface area contributed by atoms with Crippen molar-refractivity contribution in [1.82, 2.24) is 0 Å². The summed E-state index contributed by atoms with van der Waals surface area (Å²) in [6.07, 6.45) is 3.25. The van der Waals surface area contributed by atoms with E-state index in [0.29, 0.717) is 11.6 Å². The number of hydrogen-bond donors (Lipinski definition) is 1. The van der Waals surface area contributed by atoms with E-state index >= 15 is 0 Å². The SMILES string of the molecule is COCc1ccccc1NC(=O)C=Cc1sc2ccccc2c1Cl. The third-order valence-corrected chi connectivity index (χ3v) is 5.18. The number of rotatable bonds is 5. The summed E-state index contributed by atoms with van der Waals surface area (Å²) in [5, 5.41) is 4.56. The molecule has 0 saturated carbocycles. The molecule has 1 aromatic heterocycles. The smallest absolute Gasteiger partial charge is 0.248 e. The fraction of sp³-hybridized carbons (Fsp3) is 0.105. The van der Waals surface area contributed by atoms with Crippen LogP contribution in [0.15, 0.2) is 54.6 Å². The first-order valence-corrected chi connectivity index (χ1v) is 8.61. The van der Waals surface area contributed by atoms with Gasteiger partial charge in [-0.25, -0.2) is 0 Å². The quantitative estimate of drug-likeness (QED) is 0.625. The number of anilines is 1. The van der Waals surface area contributed by atoms with Gasteiger partial charge in [0, 0.05) is 39.4 Å². The molecule has 0 saturated heterocycles. The molecule has 0 atom stereocenters. The Balaban J connectivity index is 1.77. The van der Waals surface area contributed by atoms with Gasteiger partial charge in [-0.2, -0.15) is 0 Å². The minimum atomic E-state index is -0.202. The molecule has 2 aromatic carbocycles. The Hall–Kier alpha value is -2.14. The van der Waals surface area contributed by atoms with E-state index in [9.17, 15) is 4.79 Å². The van der Waals surface area contributed by atoms with E-state index in [1.807, 2.05) is 48.5 Å². The molecule has 24 heavy (non-hydrogen) atoms. The van der Waals surface area contributed by atoms with E-state index in [-0.39, 0.29) is 5.91 Å². The molecule has 0 radical (unpaired) electrons. The van der Waals surface area contributed by atoms with Gasteiger partial charge in [0.2, 0.25) is 5.91 Å². The molecule has 5 heteroatoms. The van der Waals surface area contributed by atoms with E-state index in [1.165, 1.54) is 6.08 Å². The van der Waals surface area contributed by atoms with Gasteiger partial charge in [0.05, 0.1) is 11.6 Å². The molecular formula is C19H16ClNO2S. The number of carbonyl (C=O) groups is 1. The molecule has 3 aromatic rings. The van der Waals surface area contributed by atoms with Crippen LogP contribution in [0.1, 0.15) is 10.4 Å². The van der Waals surface area contributed by atoms with Crippen molar-refractivity contribution in [3.8, 4) is 0 Å². The first-order chi connectivity index (χ1) is 11.7. The van der Waals surface area contributed by atoms with Crippen LogP contribution in [0, 0.1) is 0 Å². The van der Waals surface area contributed by atoms with Crippen molar-refractivity contribution in [2.75, 3.05) is 12.4 Å². The van der Waals surface area contributed by atoms with E-state index in [1.54, 1.807) is 24.5 Å². The monoisotopic (exact) mass is 357 g/mol. The average Bonchev–Trinajstić information content (AvgIpc) is 2.92. The lowest BCUT2D eigenvalue weighted by Gasteiger charge is -2.08. The molecular weight excluding hydrogens is 342 g/mol. The average molecular weight is 358 g/mol. The summed E-state index contributed by atoms with van der Waals surface area (Å²) in [6, 6.07) is 15.5. The Bertz CT molecular complexity index is 901. The van der Waals surface area contributed by atoms with Crippen molar-refractivity contribution in [3.63, 3.8) is 0 Å². The summed E-state index contributed by atoms with van der Waals surface area (Å²) in [4.78, 5) is 13.1. The predicted octanol–water partition coefficient (Wildman–Crippen LogP) is 5.35. The Kier molecular flexibility index (Phi) is 5.30. The molecule has 3 nitrogen and oxygen atoms in total. The predicted molar refractivity (Wildman–Crippen MR) is 102 cm³/mol. The maximum Gasteiger partial charge on any atom is 0.248 e. The van der Waals surface area contributed by atoms with Crippen molar-refractivity contribution in [3.05, 3.63) is 70.1 Å². The number of hydrogen-bond acceptors (Lipinski definition) is 3. The molecule has 1 amide bonds. The van der Waals surface area contributed by atoms with Crippen molar-refractivity contribution < 1.29 is 9.53 Å². The number of amides is 1. The third kappa shape index (κ3) is 3.67. The second kappa shape index (κ2) is 7.62. The third-order valence-electron chi connectivity index (χ3n) is 3.52. The maximum absolute atomic E-state index is 12.2. The van der Waals surface area contributed by atoms with Gasteiger partial charge in [-0.1, -0.05) is 48.0 Å². The lowest BCUT2D eigenvalue weighted by Crippen LogP contribution is -2.09. The highest BCUT2D eigenvalue weighted by Crippen LogP contribution is 2.35. The van der Waals surface area contributed by atoms with Crippen LogP contribution < -0.4 is 5.32 Å². The van der Waals surface area contributed by atoms with Crippen molar-refractivity contribution in [1.29, 1.82) is 0 Å². The van der Waals surface area contributed by atoms with Crippen LogP contribution in [-0.4, -0.2) is 13.0 Å². The molecule has 0 fully saturated rings. The summed E-state index contributed by atoms with van der Waals surface area (Å²) in [6.45, 7) is 0.447. The number of methoxy groups -OCH3 is 1. The highest BCUT2D eigenvalue weighted by Gasteiger charge is 2.08. The summed E-state index contributed by atoms with van der Waals surface area (Å²) < 4.78 is 6.25. The second-order valence-corrected chi connectivity index (χ2v) is 6.65. The van der Waals surface area contributed by atoms with Gasteiger partial charge in [0.25, 0.3) is 0 Å². The van der Waals surface area contributed by atoms with Crippen LogP contribution in [0.4, 0.5) is 5.69 Å². The summed E-state index contributed by atoms with van der Waals surface area (Å²) in [5.74, 6) is -0.202. The van der Waals surface area contributed by atoms with Gasteiger partial charge >= 0.3 is 0 Å². The number of benzene rings is 2. The van der Waals surface area contributed by atoms with Gasteiger partial charge in [-0.3, -0.25) is 4.79 Å². The van der Waals surface area contributed by atoms with Crippen LogP contribution in [0.3, 0.4) is 0 Å². The number of halogens is 1. The molecule has 0 unspecified atom stereocenters. The maximum atomic E-state index is 12.2. The zero-order valence-electron chi connectivity index (χ0n) is 13.1. The highest BCUT2D eigenvalue weighted by molar-refractivity contribution is 7.20. The van der Waals surface area contributed by atoms with E-state index in [0.717, 1.165) is 26.2 Å². The Morgan fingerprint density at radius 1 is 1.21 bits per heavy atom. The van der Waals surface area contributed by atoms with Crippen LogP contribution in [0.5, 0.6) is 0 Å². The van der Waals surface area contributed by atoms with Crippen LogP contribution in [0.2, 0.25) is 5.02 Å². The first-order valence-electron chi connectivity index (χ1n) is 7.42. The normalized spacial score (nSPS) is 11.2.